The van der Waals surface area contributed by atoms with E-state index in [9.17, 15) is 9.59 Å². The molecule has 0 saturated carbocycles. The molecule has 126 valence electrons. The van der Waals surface area contributed by atoms with Crippen LogP contribution in [0, 0.1) is 6.92 Å². The van der Waals surface area contributed by atoms with Gasteiger partial charge in [0, 0.05) is 32.7 Å². The lowest BCUT2D eigenvalue weighted by molar-refractivity contribution is -0.122. The lowest BCUT2D eigenvalue weighted by atomic mass is 10.1. The molecule has 1 N–H and O–H groups in total. The summed E-state index contributed by atoms with van der Waals surface area (Å²) in [4.78, 5) is 25.6. The number of anilines is 1. The lowest BCUT2D eigenvalue weighted by Crippen LogP contribution is -2.41. The van der Waals surface area contributed by atoms with Crippen LogP contribution >= 0.6 is 0 Å². The maximum absolute atomic E-state index is 12.1. The van der Waals surface area contributed by atoms with Crippen molar-refractivity contribution >= 4 is 17.5 Å². The smallest absolute Gasteiger partial charge is 0.265 e. The van der Waals surface area contributed by atoms with Gasteiger partial charge in [-0.25, -0.2) is 0 Å². The van der Waals surface area contributed by atoms with E-state index in [2.05, 4.69) is 5.32 Å². The number of carbonyl (C=O) groups excluding carboxylic acids is 2. The molecule has 0 saturated heterocycles. The number of fused-ring (bicyclic) bond motifs is 1. The van der Waals surface area contributed by atoms with Crippen LogP contribution in [-0.2, 0) is 14.3 Å². The van der Waals surface area contributed by atoms with Gasteiger partial charge in [0.2, 0.25) is 5.91 Å². The van der Waals surface area contributed by atoms with Gasteiger partial charge < -0.3 is 19.7 Å². The largest absolute Gasteiger partial charge is 0.482 e. The minimum atomic E-state index is -0.118. The average molecular weight is 320 g/mol. The molecule has 1 heterocycles. The second kappa shape index (κ2) is 8.53. The summed E-state index contributed by atoms with van der Waals surface area (Å²) in [7, 11) is 0. The Labute approximate surface area is 136 Å². The Morgan fingerprint density at radius 3 is 3.04 bits per heavy atom. The number of benzene rings is 1. The zero-order valence-corrected chi connectivity index (χ0v) is 13.8. The number of rotatable bonds is 8. The third kappa shape index (κ3) is 4.96. The summed E-state index contributed by atoms with van der Waals surface area (Å²) in [6.07, 6.45) is 1.06. The van der Waals surface area contributed by atoms with Gasteiger partial charge in [-0.1, -0.05) is 6.07 Å². The van der Waals surface area contributed by atoms with Crippen LogP contribution in [0.5, 0.6) is 5.75 Å². The summed E-state index contributed by atoms with van der Waals surface area (Å²) in [6, 6.07) is 5.71. The molecular formula is C17H24N2O4. The number of ether oxygens (including phenoxy) is 2. The highest BCUT2D eigenvalue weighted by Gasteiger charge is 2.25. The first-order valence-electron chi connectivity index (χ1n) is 8.00. The van der Waals surface area contributed by atoms with E-state index in [-0.39, 0.29) is 24.8 Å². The Balaban J connectivity index is 1.84. The Bertz CT molecular complexity index is 560. The van der Waals surface area contributed by atoms with Crippen LogP contribution in [0.2, 0.25) is 0 Å². The fourth-order valence-corrected chi connectivity index (χ4v) is 2.41. The minimum Gasteiger partial charge on any atom is -0.482 e. The molecule has 6 nitrogen and oxygen atoms in total. The van der Waals surface area contributed by atoms with Gasteiger partial charge in [0.1, 0.15) is 5.75 Å². The van der Waals surface area contributed by atoms with Crippen LogP contribution in [0.15, 0.2) is 18.2 Å². The van der Waals surface area contributed by atoms with E-state index in [1.807, 2.05) is 32.0 Å². The molecule has 1 aromatic rings. The van der Waals surface area contributed by atoms with Gasteiger partial charge >= 0.3 is 0 Å². The molecule has 2 amide bonds. The number of carbonyl (C=O) groups is 2. The molecule has 23 heavy (non-hydrogen) atoms. The zero-order valence-electron chi connectivity index (χ0n) is 13.8. The van der Waals surface area contributed by atoms with Crippen LogP contribution < -0.4 is 15.0 Å². The number of nitrogens with zero attached hydrogens (tertiary/aromatic N) is 1. The summed E-state index contributed by atoms with van der Waals surface area (Å²) < 4.78 is 10.6. The Morgan fingerprint density at radius 2 is 2.26 bits per heavy atom. The predicted octanol–water partition coefficient (Wildman–Crippen LogP) is 1.65. The number of aryl methyl sites for hydroxylation is 1. The SMILES string of the molecule is CCOCCCNC(=O)CCN1C(=O)COc2ccc(C)cc21. The van der Waals surface area contributed by atoms with E-state index in [0.29, 0.717) is 32.1 Å². The van der Waals surface area contributed by atoms with E-state index in [1.54, 1.807) is 4.90 Å². The number of amides is 2. The summed E-state index contributed by atoms with van der Waals surface area (Å²) >= 11 is 0. The minimum absolute atomic E-state index is 0.0199. The van der Waals surface area contributed by atoms with E-state index in [4.69, 9.17) is 9.47 Å². The van der Waals surface area contributed by atoms with Crippen LogP contribution in [0.1, 0.15) is 25.3 Å². The molecule has 0 unspecified atom stereocenters. The van der Waals surface area contributed by atoms with Gasteiger partial charge in [0.05, 0.1) is 5.69 Å². The van der Waals surface area contributed by atoms with Crippen molar-refractivity contribution in [2.75, 3.05) is 37.8 Å². The maximum Gasteiger partial charge on any atom is 0.265 e. The molecule has 0 fully saturated rings. The molecule has 0 bridgehead atoms. The maximum atomic E-state index is 12.1. The third-order valence-electron chi connectivity index (χ3n) is 3.61. The van der Waals surface area contributed by atoms with Gasteiger partial charge in [-0.2, -0.15) is 0 Å². The van der Waals surface area contributed by atoms with E-state index in [0.717, 1.165) is 17.7 Å². The first-order valence-corrected chi connectivity index (χ1v) is 8.00. The van der Waals surface area contributed by atoms with Crippen LogP contribution in [-0.4, -0.2) is 44.7 Å². The fourth-order valence-electron chi connectivity index (χ4n) is 2.41. The second-order valence-electron chi connectivity index (χ2n) is 5.46. The van der Waals surface area contributed by atoms with Gasteiger partial charge in [-0.3, -0.25) is 9.59 Å². The highest BCUT2D eigenvalue weighted by molar-refractivity contribution is 5.98. The van der Waals surface area contributed by atoms with Crippen molar-refractivity contribution in [3.05, 3.63) is 23.8 Å². The van der Waals surface area contributed by atoms with Crippen molar-refractivity contribution in [1.82, 2.24) is 5.32 Å². The molecule has 0 aliphatic carbocycles. The normalized spacial score (nSPS) is 13.5. The predicted molar refractivity (Wildman–Crippen MR) is 87.8 cm³/mol. The second-order valence-corrected chi connectivity index (χ2v) is 5.46. The Morgan fingerprint density at radius 1 is 1.43 bits per heavy atom. The zero-order chi connectivity index (χ0) is 16.7. The molecule has 2 rings (SSSR count). The van der Waals surface area contributed by atoms with Crippen molar-refractivity contribution in [1.29, 1.82) is 0 Å². The molecule has 0 atom stereocenters. The van der Waals surface area contributed by atoms with E-state index >= 15 is 0 Å². The molecule has 1 aliphatic rings. The molecule has 1 aliphatic heterocycles. The number of hydrogen-bond acceptors (Lipinski definition) is 4. The molecule has 0 radical (unpaired) electrons. The van der Waals surface area contributed by atoms with Gasteiger partial charge in [-0.05, 0) is 38.0 Å². The fraction of sp³-hybridized carbons (Fsp3) is 0.529. The summed E-state index contributed by atoms with van der Waals surface area (Å²) in [5.41, 5.74) is 1.79. The first-order chi connectivity index (χ1) is 11.1. The van der Waals surface area contributed by atoms with Crippen molar-refractivity contribution in [3.8, 4) is 5.75 Å². The van der Waals surface area contributed by atoms with Crippen molar-refractivity contribution in [2.45, 2.75) is 26.7 Å². The number of hydrogen-bond donors (Lipinski definition) is 1. The van der Waals surface area contributed by atoms with E-state index < -0.39 is 0 Å². The van der Waals surface area contributed by atoms with Crippen LogP contribution in [0.25, 0.3) is 0 Å². The van der Waals surface area contributed by atoms with Crippen molar-refractivity contribution < 1.29 is 19.1 Å². The molecular weight excluding hydrogens is 296 g/mol. The Hall–Kier alpha value is -2.08. The standard InChI is InChI=1S/C17H24N2O4/c1-3-22-10-4-8-18-16(20)7-9-19-14-11-13(2)5-6-15(14)23-12-17(19)21/h5-6,11H,3-4,7-10,12H2,1-2H3,(H,18,20). The molecule has 0 aromatic heterocycles. The summed E-state index contributed by atoms with van der Waals surface area (Å²) in [6.45, 7) is 6.20. The molecule has 6 heteroatoms. The van der Waals surface area contributed by atoms with Crippen molar-refractivity contribution in [3.63, 3.8) is 0 Å². The highest BCUT2D eigenvalue weighted by Crippen LogP contribution is 2.32. The quantitative estimate of drug-likeness (QED) is 0.740. The van der Waals surface area contributed by atoms with Gasteiger partial charge in [-0.15, -0.1) is 0 Å². The third-order valence-corrected chi connectivity index (χ3v) is 3.61. The lowest BCUT2D eigenvalue weighted by Gasteiger charge is -2.29. The summed E-state index contributed by atoms with van der Waals surface area (Å²) in [5.74, 6) is 0.509. The topological polar surface area (TPSA) is 67.9 Å². The Kier molecular flexibility index (Phi) is 6.40. The molecule has 0 spiro atoms. The monoisotopic (exact) mass is 320 g/mol. The van der Waals surface area contributed by atoms with Gasteiger partial charge in [0.15, 0.2) is 6.61 Å². The average Bonchev–Trinajstić information content (AvgIpc) is 2.53. The van der Waals surface area contributed by atoms with Crippen LogP contribution in [0.4, 0.5) is 5.69 Å². The molecule has 1 aromatic carbocycles. The van der Waals surface area contributed by atoms with Crippen molar-refractivity contribution in [2.24, 2.45) is 0 Å². The van der Waals surface area contributed by atoms with Crippen LogP contribution in [0.3, 0.4) is 0 Å². The summed E-state index contributed by atoms with van der Waals surface area (Å²) in [5, 5.41) is 2.84. The van der Waals surface area contributed by atoms with Gasteiger partial charge in [0.25, 0.3) is 5.91 Å². The van der Waals surface area contributed by atoms with E-state index in [1.165, 1.54) is 0 Å². The number of nitrogens with one attached hydrogen (secondary N) is 1. The first kappa shape index (κ1) is 17.3. The highest BCUT2D eigenvalue weighted by atomic mass is 16.5.